The molecule has 2 aromatic carbocycles. The van der Waals surface area contributed by atoms with E-state index in [2.05, 4.69) is 33.4 Å². The molecule has 34 heavy (non-hydrogen) atoms. The third-order valence-corrected chi connectivity index (χ3v) is 9.13. The second-order valence-electron chi connectivity index (χ2n) is 9.56. The zero-order valence-electron chi connectivity index (χ0n) is 19.9. The van der Waals surface area contributed by atoms with Crippen molar-refractivity contribution in [3.8, 4) is 0 Å². The Bertz CT molecular complexity index is 1100. The van der Waals surface area contributed by atoms with Crippen molar-refractivity contribution in [2.45, 2.75) is 37.5 Å². The number of rotatable bonds is 8. The summed E-state index contributed by atoms with van der Waals surface area (Å²) in [5.74, 6) is -0.0986. The Balaban J connectivity index is 1.55. The topological polar surface area (TPSA) is 61.9 Å². The first kappa shape index (κ1) is 25.6. The maximum absolute atomic E-state index is 15.0. The number of anilines is 1. The van der Waals surface area contributed by atoms with Gasteiger partial charge in [-0.15, -0.1) is 0 Å². The number of likely N-dealkylation sites (N-methyl/N-ethyl adjacent to an activating group) is 1. The van der Waals surface area contributed by atoms with Gasteiger partial charge in [-0.25, -0.2) is 17.1 Å². The van der Waals surface area contributed by atoms with E-state index in [-0.39, 0.29) is 35.7 Å². The van der Waals surface area contributed by atoms with E-state index in [1.807, 2.05) is 43.3 Å². The van der Waals surface area contributed by atoms with Gasteiger partial charge in [0.25, 0.3) is 0 Å². The van der Waals surface area contributed by atoms with Crippen molar-refractivity contribution in [2.24, 2.45) is 5.92 Å². The van der Waals surface area contributed by atoms with Crippen LogP contribution in [-0.2, 0) is 14.8 Å². The van der Waals surface area contributed by atoms with Crippen LogP contribution in [0.2, 0.25) is 0 Å². The summed E-state index contributed by atoms with van der Waals surface area (Å²) in [6, 6.07) is 13.3. The summed E-state index contributed by atoms with van der Waals surface area (Å²) < 4.78 is 49.2. The molecule has 9 heteroatoms. The van der Waals surface area contributed by atoms with Crippen LogP contribution in [-0.4, -0.2) is 63.7 Å². The van der Waals surface area contributed by atoms with Crippen LogP contribution < -0.4 is 5.32 Å². The number of nitrogens with zero attached hydrogens (tertiary/aromatic N) is 2. The predicted molar refractivity (Wildman–Crippen MR) is 137 cm³/mol. The summed E-state index contributed by atoms with van der Waals surface area (Å²) in [7, 11) is 2.13. The molecule has 0 bridgehead atoms. The fourth-order valence-electron chi connectivity index (χ4n) is 5.03. The summed E-state index contributed by atoms with van der Waals surface area (Å²) in [5.41, 5.74) is 2.34. The molecule has 2 heterocycles. The van der Waals surface area contributed by atoms with E-state index in [1.165, 1.54) is 10.4 Å². The van der Waals surface area contributed by atoms with Crippen molar-refractivity contribution in [1.29, 1.82) is 0 Å². The molecule has 2 aliphatic rings. The van der Waals surface area contributed by atoms with Gasteiger partial charge in [-0.3, -0.25) is 0 Å². The van der Waals surface area contributed by atoms with Crippen LogP contribution >= 0.6 is 15.9 Å². The molecular weight excluding hydrogens is 521 g/mol. The normalized spacial score (nSPS) is 24.6. The zero-order valence-corrected chi connectivity index (χ0v) is 22.3. The van der Waals surface area contributed by atoms with Gasteiger partial charge in [0.15, 0.2) is 0 Å². The number of halogens is 2. The van der Waals surface area contributed by atoms with Crippen LogP contribution in [0.15, 0.2) is 46.9 Å². The lowest BCUT2D eigenvalue weighted by Crippen LogP contribution is -2.44. The SMILES string of the molecule is CN(C)CCCS(=O)(=O)N(C)C[C@H]1CC[C@@H]2[C@H](O1)c1cc(Br)cc(F)c1N[C@H]2c1ccccc1. The Morgan fingerprint density at radius 3 is 2.59 bits per heavy atom. The second-order valence-corrected chi connectivity index (χ2v) is 12.7. The predicted octanol–water partition coefficient (Wildman–Crippen LogP) is 4.80. The molecule has 6 nitrogen and oxygen atoms in total. The van der Waals surface area contributed by atoms with Crippen molar-refractivity contribution < 1.29 is 17.5 Å². The molecule has 1 N–H and O–H groups in total. The highest BCUT2D eigenvalue weighted by Gasteiger charge is 2.43. The first-order valence-corrected chi connectivity index (χ1v) is 14.1. The molecule has 1 fully saturated rings. The number of fused-ring (bicyclic) bond motifs is 3. The third kappa shape index (κ3) is 5.65. The Labute approximate surface area is 210 Å². The molecule has 4 atom stereocenters. The lowest BCUT2D eigenvalue weighted by molar-refractivity contribution is -0.0963. The highest BCUT2D eigenvalue weighted by Crippen LogP contribution is 2.51. The maximum Gasteiger partial charge on any atom is 0.213 e. The van der Waals surface area contributed by atoms with E-state index in [4.69, 9.17) is 4.74 Å². The van der Waals surface area contributed by atoms with Crippen molar-refractivity contribution in [3.05, 3.63) is 63.9 Å². The molecule has 0 radical (unpaired) electrons. The number of benzene rings is 2. The maximum atomic E-state index is 15.0. The van der Waals surface area contributed by atoms with Gasteiger partial charge >= 0.3 is 0 Å². The summed E-state index contributed by atoms with van der Waals surface area (Å²) in [5, 5.41) is 3.43. The number of sulfonamides is 1. The molecule has 0 saturated carbocycles. The van der Waals surface area contributed by atoms with Crippen LogP contribution in [0.4, 0.5) is 10.1 Å². The van der Waals surface area contributed by atoms with Crippen molar-refractivity contribution >= 4 is 31.6 Å². The number of hydrogen-bond donors (Lipinski definition) is 1. The molecular formula is C25H33BrFN3O3S. The van der Waals surface area contributed by atoms with E-state index < -0.39 is 10.0 Å². The molecule has 2 aromatic rings. The first-order valence-electron chi connectivity index (χ1n) is 11.7. The van der Waals surface area contributed by atoms with E-state index >= 15 is 0 Å². The highest BCUT2D eigenvalue weighted by atomic mass is 79.9. The minimum absolute atomic E-state index is 0.0807. The van der Waals surface area contributed by atoms with Crippen LogP contribution in [0.3, 0.4) is 0 Å². The molecule has 2 aliphatic heterocycles. The summed E-state index contributed by atoms with van der Waals surface area (Å²) in [4.78, 5) is 1.98. The summed E-state index contributed by atoms with van der Waals surface area (Å²) >= 11 is 3.42. The van der Waals surface area contributed by atoms with Gasteiger partial charge in [0.05, 0.1) is 29.7 Å². The van der Waals surface area contributed by atoms with E-state index in [9.17, 15) is 12.8 Å². The molecule has 1 saturated heterocycles. The molecule has 0 aromatic heterocycles. The third-order valence-electron chi connectivity index (χ3n) is 6.77. The number of hydrogen-bond acceptors (Lipinski definition) is 5. The largest absolute Gasteiger partial charge is 0.375 e. The van der Waals surface area contributed by atoms with Crippen LogP contribution in [0, 0.1) is 11.7 Å². The average Bonchev–Trinajstić information content (AvgIpc) is 2.79. The first-order chi connectivity index (χ1) is 16.2. The minimum Gasteiger partial charge on any atom is -0.375 e. The molecule has 0 unspecified atom stereocenters. The molecule has 0 amide bonds. The van der Waals surface area contributed by atoms with Crippen LogP contribution in [0.25, 0.3) is 0 Å². The monoisotopic (exact) mass is 553 g/mol. The minimum atomic E-state index is -3.37. The lowest BCUT2D eigenvalue weighted by atomic mass is 9.76. The van der Waals surface area contributed by atoms with Crippen LogP contribution in [0.5, 0.6) is 0 Å². The van der Waals surface area contributed by atoms with Crippen molar-refractivity contribution in [1.82, 2.24) is 9.21 Å². The molecule has 0 aliphatic carbocycles. The van der Waals surface area contributed by atoms with Crippen LogP contribution in [0.1, 0.15) is 42.5 Å². The molecule has 4 rings (SSSR count). The Hall–Kier alpha value is -1.52. The highest BCUT2D eigenvalue weighted by molar-refractivity contribution is 9.10. The Morgan fingerprint density at radius 2 is 1.88 bits per heavy atom. The standard InChI is InChI=1S/C25H33BrFN3O3S/c1-29(2)12-7-13-34(31,32)30(3)16-19-10-11-20-23(17-8-5-4-6-9-17)28-24-21(25(20)33-19)14-18(26)15-22(24)27/h4-6,8-9,14-15,19-20,23,25,28H,7,10-13,16H2,1-3H3/t19-,20+,23+,25+/m1/s1. The number of nitrogens with one attached hydrogen (secondary N) is 1. The zero-order chi connectivity index (χ0) is 24.5. The number of ether oxygens (including phenoxy) is 1. The fraction of sp³-hybridized carbons (Fsp3) is 0.520. The van der Waals surface area contributed by atoms with Gasteiger partial charge in [0.1, 0.15) is 5.82 Å². The fourth-order valence-corrected chi connectivity index (χ4v) is 6.68. The van der Waals surface area contributed by atoms with Gasteiger partial charge in [0, 0.05) is 29.5 Å². The van der Waals surface area contributed by atoms with Gasteiger partial charge in [0.2, 0.25) is 10.0 Å². The van der Waals surface area contributed by atoms with E-state index in [0.717, 1.165) is 30.5 Å². The van der Waals surface area contributed by atoms with E-state index in [1.54, 1.807) is 7.05 Å². The van der Waals surface area contributed by atoms with Gasteiger partial charge in [-0.1, -0.05) is 46.3 Å². The Kier molecular flexibility index (Phi) is 7.99. The quantitative estimate of drug-likeness (QED) is 0.508. The lowest BCUT2D eigenvalue weighted by Gasteiger charge is -2.46. The average molecular weight is 555 g/mol. The Morgan fingerprint density at radius 1 is 1.15 bits per heavy atom. The summed E-state index contributed by atoms with van der Waals surface area (Å²) in [6.45, 7) is 1.02. The van der Waals surface area contributed by atoms with E-state index in [0.29, 0.717) is 23.1 Å². The molecule has 0 spiro atoms. The summed E-state index contributed by atoms with van der Waals surface area (Å²) in [6.07, 6.45) is 1.61. The van der Waals surface area contributed by atoms with Crippen molar-refractivity contribution in [2.75, 3.05) is 45.3 Å². The van der Waals surface area contributed by atoms with Gasteiger partial charge in [-0.05, 0) is 57.6 Å². The molecule has 186 valence electrons. The smallest absolute Gasteiger partial charge is 0.213 e. The second kappa shape index (κ2) is 10.6. The van der Waals surface area contributed by atoms with Gasteiger partial charge in [-0.2, -0.15) is 0 Å². The van der Waals surface area contributed by atoms with Gasteiger partial charge < -0.3 is 15.0 Å². The van der Waals surface area contributed by atoms with Crippen molar-refractivity contribution in [3.63, 3.8) is 0 Å².